The smallest absolute Gasteiger partial charge is 0.290 e. The molecule has 0 unspecified atom stereocenters. The first kappa shape index (κ1) is 15.9. The highest BCUT2D eigenvalue weighted by Gasteiger charge is 2.08. The number of nitrogens with zero attached hydrogens (tertiary/aromatic N) is 1. The van der Waals surface area contributed by atoms with Crippen LogP contribution < -0.4 is 22.3 Å². The van der Waals surface area contributed by atoms with Crippen molar-refractivity contribution in [2.24, 2.45) is 0 Å². The largest absolute Gasteiger partial charge is 1.00 e. The number of ketones is 1. The summed E-state index contributed by atoms with van der Waals surface area (Å²) < 4.78 is 1.79. The molecule has 2 aromatic rings. The Bertz CT molecular complexity index is 583. The molecule has 0 atom stereocenters. The summed E-state index contributed by atoms with van der Waals surface area (Å²) in [5, 5.41) is 2.79. The second-order valence-electron chi connectivity index (χ2n) is 4.23. The fourth-order valence-electron chi connectivity index (χ4n) is 1.69. The number of rotatable bonds is 4. The van der Waals surface area contributed by atoms with Crippen LogP contribution in [0.2, 0.25) is 0 Å². The van der Waals surface area contributed by atoms with Gasteiger partial charge in [-0.2, -0.15) is 4.57 Å². The maximum atomic E-state index is 11.8. The van der Waals surface area contributed by atoms with E-state index in [4.69, 9.17) is 0 Å². The standard InChI is InChI=1S/C15H14N2O2.ClH/c1-12(18)13-5-7-14(8-6-13)16-15(19)11-17-9-3-2-4-10-17;/h2-10H,11H2,1H3;1H. The van der Waals surface area contributed by atoms with Crippen LogP contribution in [0.3, 0.4) is 0 Å². The zero-order chi connectivity index (χ0) is 13.7. The molecule has 5 heteroatoms. The number of hydrogen-bond donors (Lipinski definition) is 1. The fraction of sp³-hybridized carbons (Fsp3) is 0.133. The Labute approximate surface area is 123 Å². The second kappa shape index (κ2) is 7.40. The van der Waals surface area contributed by atoms with Crippen molar-refractivity contribution in [3.05, 3.63) is 60.4 Å². The molecule has 0 aliphatic carbocycles. The number of anilines is 1. The molecule has 1 aromatic heterocycles. The lowest BCUT2D eigenvalue weighted by molar-refractivity contribution is -0.684. The van der Waals surface area contributed by atoms with Crippen molar-refractivity contribution in [2.45, 2.75) is 13.5 Å². The van der Waals surface area contributed by atoms with Gasteiger partial charge in [-0.05, 0) is 31.2 Å². The van der Waals surface area contributed by atoms with E-state index in [9.17, 15) is 9.59 Å². The van der Waals surface area contributed by atoms with Gasteiger partial charge in [-0.25, -0.2) is 0 Å². The number of hydrogen-bond acceptors (Lipinski definition) is 2. The lowest BCUT2D eigenvalue weighted by Crippen LogP contribution is -3.00. The Hall–Kier alpha value is -2.20. The highest BCUT2D eigenvalue weighted by Crippen LogP contribution is 2.09. The molecule has 0 fully saturated rings. The Morgan fingerprint density at radius 2 is 1.65 bits per heavy atom. The monoisotopic (exact) mass is 290 g/mol. The summed E-state index contributed by atoms with van der Waals surface area (Å²) >= 11 is 0. The van der Waals surface area contributed by atoms with Crippen molar-refractivity contribution in [3.8, 4) is 0 Å². The Morgan fingerprint density at radius 3 is 2.20 bits per heavy atom. The molecule has 4 nitrogen and oxygen atoms in total. The molecule has 104 valence electrons. The molecule has 1 aromatic carbocycles. The van der Waals surface area contributed by atoms with Gasteiger partial charge in [0, 0.05) is 23.4 Å². The molecule has 0 saturated carbocycles. The van der Waals surface area contributed by atoms with Gasteiger partial charge >= 0.3 is 0 Å². The molecule has 20 heavy (non-hydrogen) atoms. The van der Waals surface area contributed by atoms with Gasteiger partial charge in [0.1, 0.15) is 0 Å². The molecule has 1 N–H and O–H groups in total. The molecule has 0 aliphatic rings. The van der Waals surface area contributed by atoms with Gasteiger partial charge in [-0.15, -0.1) is 0 Å². The first-order valence-electron chi connectivity index (χ1n) is 6.00. The normalized spacial score (nSPS) is 9.45. The van der Waals surface area contributed by atoms with E-state index in [-0.39, 0.29) is 30.6 Å². The third kappa shape index (κ3) is 4.48. The minimum atomic E-state index is -0.105. The summed E-state index contributed by atoms with van der Waals surface area (Å²) in [7, 11) is 0. The predicted octanol–water partition coefficient (Wildman–Crippen LogP) is -1.18. The molecule has 2 rings (SSSR count). The van der Waals surface area contributed by atoms with Crippen molar-refractivity contribution in [1.29, 1.82) is 0 Å². The maximum absolute atomic E-state index is 11.8. The summed E-state index contributed by atoms with van der Waals surface area (Å²) in [5.74, 6) is -0.0931. The Kier molecular flexibility index (Phi) is 5.87. The molecule has 0 saturated heterocycles. The summed E-state index contributed by atoms with van der Waals surface area (Å²) in [6.45, 7) is 1.77. The number of benzene rings is 1. The van der Waals surface area contributed by atoms with Crippen molar-refractivity contribution in [3.63, 3.8) is 0 Å². The third-order valence-corrected chi connectivity index (χ3v) is 2.68. The molecule has 0 aliphatic heterocycles. The van der Waals surface area contributed by atoms with Gasteiger partial charge in [0.25, 0.3) is 5.91 Å². The summed E-state index contributed by atoms with van der Waals surface area (Å²) in [4.78, 5) is 22.9. The quantitative estimate of drug-likeness (QED) is 0.569. The van der Waals surface area contributed by atoms with E-state index in [0.717, 1.165) is 0 Å². The molecular weight excluding hydrogens is 276 g/mol. The molecular formula is C15H15ClN2O2. The minimum absolute atomic E-state index is 0. The molecule has 1 heterocycles. The Morgan fingerprint density at radius 1 is 1.05 bits per heavy atom. The second-order valence-corrected chi connectivity index (χ2v) is 4.23. The first-order chi connectivity index (χ1) is 9.15. The van der Waals surface area contributed by atoms with Crippen LogP contribution in [0.4, 0.5) is 5.69 Å². The first-order valence-corrected chi connectivity index (χ1v) is 6.00. The van der Waals surface area contributed by atoms with E-state index in [1.54, 1.807) is 28.8 Å². The number of carbonyl (C=O) groups is 2. The Balaban J connectivity index is 0.00000200. The highest BCUT2D eigenvalue weighted by molar-refractivity contribution is 5.95. The SMILES string of the molecule is CC(=O)c1ccc(NC(=O)C[n+]2ccccc2)cc1.[Cl-]. The van der Waals surface area contributed by atoms with Gasteiger partial charge in [0.15, 0.2) is 18.2 Å². The average molecular weight is 291 g/mol. The maximum Gasteiger partial charge on any atom is 0.290 e. The lowest BCUT2D eigenvalue weighted by atomic mass is 10.1. The summed E-state index contributed by atoms with van der Waals surface area (Å²) in [6, 6.07) is 12.5. The van der Waals surface area contributed by atoms with Gasteiger partial charge in [0.2, 0.25) is 6.54 Å². The van der Waals surface area contributed by atoms with Crippen molar-refractivity contribution < 1.29 is 26.6 Å². The van der Waals surface area contributed by atoms with Crippen LogP contribution in [0.15, 0.2) is 54.9 Å². The van der Waals surface area contributed by atoms with Gasteiger partial charge in [-0.3, -0.25) is 9.59 Å². The van der Waals surface area contributed by atoms with Gasteiger partial charge in [-0.1, -0.05) is 6.07 Å². The van der Waals surface area contributed by atoms with Crippen LogP contribution in [0.25, 0.3) is 0 Å². The minimum Gasteiger partial charge on any atom is -1.00 e. The lowest BCUT2D eigenvalue weighted by Gasteiger charge is -2.03. The topological polar surface area (TPSA) is 50.1 Å². The van der Waals surface area contributed by atoms with Gasteiger partial charge in [0.05, 0.1) is 0 Å². The van der Waals surface area contributed by atoms with Crippen molar-refractivity contribution in [2.75, 3.05) is 5.32 Å². The van der Waals surface area contributed by atoms with Crippen molar-refractivity contribution >= 4 is 17.4 Å². The van der Waals surface area contributed by atoms with E-state index in [2.05, 4.69) is 5.32 Å². The third-order valence-electron chi connectivity index (χ3n) is 2.68. The summed E-state index contributed by atoms with van der Waals surface area (Å²) in [5.41, 5.74) is 1.32. The molecule has 1 amide bonds. The highest BCUT2D eigenvalue weighted by atomic mass is 35.5. The van der Waals surface area contributed by atoms with E-state index < -0.39 is 0 Å². The van der Waals surface area contributed by atoms with Crippen LogP contribution in [-0.2, 0) is 11.3 Å². The van der Waals surface area contributed by atoms with Crippen LogP contribution in [0, 0.1) is 0 Å². The van der Waals surface area contributed by atoms with E-state index >= 15 is 0 Å². The number of Topliss-reactive ketones (excluding diaryl/α,β-unsaturated/α-hetero) is 1. The summed E-state index contributed by atoms with van der Waals surface area (Å²) in [6.07, 6.45) is 3.66. The number of halogens is 1. The zero-order valence-electron chi connectivity index (χ0n) is 11.0. The van der Waals surface area contributed by atoms with E-state index in [1.165, 1.54) is 6.92 Å². The van der Waals surface area contributed by atoms with Crippen molar-refractivity contribution in [1.82, 2.24) is 0 Å². The number of nitrogens with one attached hydrogen (secondary N) is 1. The fourth-order valence-corrected chi connectivity index (χ4v) is 1.69. The molecule has 0 spiro atoms. The van der Waals surface area contributed by atoms with Crippen LogP contribution in [-0.4, -0.2) is 11.7 Å². The van der Waals surface area contributed by atoms with Crippen LogP contribution in [0.1, 0.15) is 17.3 Å². The number of amides is 1. The number of aromatic nitrogens is 1. The van der Waals surface area contributed by atoms with Gasteiger partial charge < -0.3 is 17.7 Å². The average Bonchev–Trinajstić information content (AvgIpc) is 2.40. The molecule has 0 bridgehead atoms. The predicted molar refractivity (Wildman–Crippen MR) is 71.7 cm³/mol. The van der Waals surface area contributed by atoms with E-state index in [0.29, 0.717) is 11.3 Å². The van der Waals surface area contributed by atoms with E-state index in [1.807, 2.05) is 30.6 Å². The molecule has 0 radical (unpaired) electrons. The number of pyridine rings is 1. The van der Waals surface area contributed by atoms with Crippen LogP contribution >= 0.6 is 0 Å². The number of carbonyl (C=O) groups excluding carboxylic acids is 2. The van der Waals surface area contributed by atoms with Crippen LogP contribution in [0.5, 0.6) is 0 Å². The zero-order valence-corrected chi connectivity index (χ0v) is 11.8.